The average molecular weight is 306 g/mol. The highest BCUT2D eigenvalue weighted by Crippen LogP contribution is 2.46. The van der Waals surface area contributed by atoms with Crippen LogP contribution in [-0.2, 0) is 0 Å². The molecule has 3 nitrogen and oxygen atoms in total. The molecule has 23 heavy (non-hydrogen) atoms. The van der Waals surface area contributed by atoms with Crippen LogP contribution in [0.4, 0.5) is 0 Å². The predicted molar refractivity (Wildman–Crippen MR) is 91.6 cm³/mol. The summed E-state index contributed by atoms with van der Waals surface area (Å²) in [5.74, 6) is 0.585. The first kappa shape index (κ1) is 14.5. The molecule has 2 fully saturated rings. The number of nitrogens with one attached hydrogen (secondary N) is 1. The van der Waals surface area contributed by atoms with Crippen LogP contribution in [0.1, 0.15) is 42.5 Å². The molecule has 0 amide bonds. The molecule has 0 aromatic heterocycles. The summed E-state index contributed by atoms with van der Waals surface area (Å²) in [5.41, 5.74) is 3.54. The minimum absolute atomic E-state index is 0.212. The lowest BCUT2D eigenvalue weighted by molar-refractivity contribution is 0.214. The Morgan fingerprint density at radius 2 is 1.26 bits per heavy atom. The first-order valence-electron chi connectivity index (χ1n) is 8.46. The van der Waals surface area contributed by atoms with Gasteiger partial charge in [-0.15, -0.1) is 0 Å². The van der Waals surface area contributed by atoms with Crippen LogP contribution in [0.3, 0.4) is 0 Å². The highest BCUT2D eigenvalue weighted by molar-refractivity contribution is 5.91. The maximum Gasteiger partial charge on any atom is 0.0670 e. The number of hydrogen-bond acceptors (Lipinski definition) is 3. The van der Waals surface area contributed by atoms with Gasteiger partial charge in [0, 0.05) is 23.9 Å². The van der Waals surface area contributed by atoms with Crippen molar-refractivity contribution >= 4 is 5.71 Å². The first-order chi connectivity index (χ1) is 11.4. The van der Waals surface area contributed by atoms with Crippen molar-refractivity contribution in [1.82, 2.24) is 5.32 Å². The van der Waals surface area contributed by atoms with Crippen LogP contribution >= 0.6 is 0 Å². The lowest BCUT2D eigenvalue weighted by atomic mass is 9.67. The fourth-order valence-corrected chi connectivity index (χ4v) is 4.36. The van der Waals surface area contributed by atoms with Gasteiger partial charge in [0.05, 0.1) is 5.71 Å². The largest absolute Gasteiger partial charge is 0.411 e. The van der Waals surface area contributed by atoms with Gasteiger partial charge in [-0.05, 0) is 24.0 Å². The highest BCUT2D eigenvalue weighted by atomic mass is 16.4. The fraction of sp³-hybridized carbons (Fsp3) is 0.350. The zero-order chi connectivity index (χ0) is 15.6. The van der Waals surface area contributed by atoms with Crippen LogP contribution in [0.25, 0.3) is 0 Å². The first-order valence-corrected chi connectivity index (χ1v) is 8.46. The van der Waals surface area contributed by atoms with Crippen LogP contribution in [-0.4, -0.2) is 10.9 Å². The van der Waals surface area contributed by atoms with Crippen LogP contribution in [0.15, 0.2) is 65.8 Å². The molecule has 4 rings (SSSR count). The Bertz CT molecular complexity index is 628. The summed E-state index contributed by atoms with van der Waals surface area (Å²) in [5, 5.41) is 17.3. The number of piperidine rings is 1. The summed E-state index contributed by atoms with van der Waals surface area (Å²) in [6.07, 6.45) is 3.37. The topological polar surface area (TPSA) is 44.6 Å². The number of benzene rings is 2. The maximum absolute atomic E-state index is 9.69. The maximum atomic E-state index is 9.69. The van der Waals surface area contributed by atoms with Gasteiger partial charge in [0.15, 0.2) is 0 Å². The Kier molecular flexibility index (Phi) is 3.88. The second-order valence-corrected chi connectivity index (χ2v) is 6.61. The number of oxime groups is 1. The molecule has 2 aromatic carbocycles. The van der Waals surface area contributed by atoms with E-state index < -0.39 is 0 Å². The van der Waals surface area contributed by atoms with Crippen LogP contribution in [0.5, 0.6) is 0 Å². The molecule has 1 heterocycles. The van der Waals surface area contributed by atoms with E-state index in [4.69, 9.17) is 0 Å². The van der Waals surface area contributed by atoms with E-state index in [1.165, 1.54) is 17.5 Å². The zero-order valence-electron chi connectivity index (χ0n) is 13.1. The number of nitrogens with zero attached hydrogens (tertiary/aromatic N) is 1. The van der Waals surface area contributed by atoms with E-state index in [0.717, 1.165) is 18.6 Å². The summed E-state index contributed by atoms with van der Waals surface area (Å²) in [7, 11) is 0. The summed E-state index contributed by atoms with van der Waals surface area (Å²) in [6.45, 7) is 0. The third-order valence-electron chi connectivity index (χ3n) is 5.39. The van der Waals surface area contributed by atoms with Gasteiger partial charge in [0.1, 0.15) is 0 Å². The molecule has 2 N–H and O–H groups in total. The molecule has 2 aromatic rings. The van der Waals surface area contributed by atoms with Gasteiger partial charge < -0.3 is 10.5 Å². The van der Waals surface area contributed by atoms with Gasteiger partial charge in [0.2, 0.25) is 0 Å². The molecule has 118 valence electrons. The molecule has 0 unspecified atom stereocenters. The fourth-order valence-electron chi connectivity index (χ4n) is 4.36. The summed E-state index contributed by atoms with van der Waals surface area (Å²) in [4.78, 5) is 0. The van der Waals surface area contributed by atoms with Gasteiger partial charge >= 0.3 is 0 Å². The van der Waals surface area contributed by atoms with Gasteiger partial charge in [-0.1, -0.05) is 72.2 Å². The second kappa shape index (κ2) is 6.17. The Morgan fingerprint density at radius 3 is 1.70 bits per heavy atom. The second-order valence-electron chi connectivity index (χ2n) is 6.61. The van der Waals surface area contributed by atoms with Crippen molar-refractivity contribution in [3.8, 4) is 0 Å². The monoisotopic (exact) mass is 306 g/mol. The number of fused-ring (bicyclic) bond motifs is 2. The zero-order valence-corrected chi connectivity index (χ0v) is 13.1. The molecule has 4 atom stereocenters. The summed E-state index contributed by atoms with van der Waals surface area (Å²) >= 11 is 0. The Labute approximate surface area is 137 Å². The van der Waals surface area contributed by atoms with Crippen molar-refractivity contribution < 1.29 is 5.21 Å². The molecule has 1 aliphatic heterocycles. The van der Waals surface area contributed by atoms with Crippen molar-refractivity contribution in [1.29, 1.82) is 0 Å². The van der Waals surface area contributed by atoms with Crippen LogP contribution < -0.4 is 5.32 Å². The third-order valence-corrected chi connectivity index (χ3v) is 5.39. The van der Waals surface area contributed by atoms with E-state index in [1.54, 1.807) is 0 Å². The molecular formula is C20H22N2O. The van der Waals surface area contributed by atoms with E-state index in [1.807, 2.05) is 12.1 Å². The quantitative estimate of drug-likeness (QED) is 0.641. The molecule has 1 saturated heterocycles. The van der Waals surface area contributed by atoms with Gasteiger partial charge in [-0.2, -0.15) is 0 Å². The SMILES string of the molecule is ON=C1[C@@H]2CCC[C@@H]1[C@@H](c1ccccc1)N[C@@H]2c1ccccc1. The molecule has 2 aliphatic rings. The van der Waals surface area contributed by atoms with Crippen molar-refractivity contribution in [3.05, 3.63) is 71.8 Å². The van der Waals surface area contributed by atoms with Gasteiger partial charge in [-0.25, -0.2) is 0 Å². The average Bonchev–Trinajstić information content (AvgIpc) is 2.63. The lowest BCUT2D eigenvalue weighted by Gasteiger charge is -2.46. The molecule has 2 bridgehead atoms. The van der Waals surface area contributed by atoms with Gasteiger partial charge in [-0.3, -0.25) is 0 Å². The molecule has 1 saturated carbocycles. The van der Waals surface area contributed by atoms with Crippen molar-refractivity contribution in [2.24, 2.45) is 17.0 Å². The molecule has 0 radical (unpaired) electrons. The van der Waals surface area contributed by atoms with Crippen LogP contribution in [0, 0.1) is 11.8 Å². The molecule has 3 heteroatoms. The molecule has 1 aliphatic carbocycles. The summed E-state index contributed by atoms with van der Waals surface area (Å²) in [6, 6.07) is 21.5. The van der Waals surface area contributed by atoms with Gasteiger partial charge in [0.25, 0.3) is 0 Å². The van der Waals surface area contributed by atoms with Crippen LogP contribution in [0.2, 0.25) is 0 Å². The Morgan fingerprint density at radius 1 is 0.783 bits per heavy atom. The number of rotatable bonds is 2. The molecular weight excluding hydrogens is 284 g/mol. The highest BCUT2D eigenvalue weighted by Gasteiger charge is 2.45. The minimum atomic E-state index is 0.212. The summed E-state index contributed by atoms with van der Waals surface area (Å²) < 4.78 is 0. The minimum Gasteiger partial charge on any atom is -0.411 e. The van der Waals surface area contributed by atoms with E-state index in [0.29, 0.717) is 11.8 Å². The standard InChI is InChI=1S/C20H22N2O/c23-22-20-16-12-7-13-17(20)19(15-10-5-2-6-11-15)21-18(16)14-8-3-1-4-9-14/h1-6,8-11,16-19,21,23H,7,12-13H2/t16-,17-,18-,19-/m1/s1. The molecule has 0 spiro atoms. The Hall–Kier alpha value is -2.13. The van der Waals surface area contributed by atoms with Crippen molar-refractivity contribution in [3.63, 3.8) is 0 Å². The van der Waals surface area contributed by atoms with Crippen molar-refractivity contribution in [2.45, 2.75) is 31.3 Å². The smallest absolute Gasteiger partial charge is 0.0670 e. The predicted octanol–water partition coefficient (Wildman–Crippen LogP) is 4.32. The normalized spacial score (nSPS) is 30.0. The Balaban J connectivity index is 1.76. The third kappa shape index (κ3) is 2.55. The number of hydrogen-bond donors (Lipinski definition) is 2. The van der Waals surface area contributed by atoms with Crippen molar-refractivity contribution in [2.75, 3.05) is 0 Å². The van der Waals surface area contributed by atoms with E-state index in [2.05, 4.69) is 59.0 Å². The van der Waals surface area contributed by atoms with E-state index >= 15 is 0 Å². The van der Waals surface area contributed by atoms with E-state index in [-0.39, 0.29) is 12.1 Å². The lowest BCUT2D eigenvalue weighted by Crippen LogP contribution is -2.50. The van der Waals surface area contributed by atoms with E-state index in [9.17, 15) is 5.21 Å².